The van der Waals surface area contributed by atoms with Crippen molar-refractivity contribution in [3.63, 3.8) is 0 Å². The SMILES string of the molecule is CCCC(C(N)N)C(C)(C)CCC[15N](C(C)(C)C)C(C)(C)C. The molecule has 3 heteroatoms. The summed E-state index contributed by atoms with van der Waals surface area (Å²) < 4.78 is 0. The first-order valence-electron chi connectivity index (χ1n) is 9.02. The number of rotatable bonds is 8. The highest BCUT2D eigenvalue weighted by Gasteiger charge is 2.34. The third kappa shape index (κ3) is 6.97. The van der Waals surface area contributed by atoms with E-state index >= 15 is 0 Å². The third-order valence-electron chi connectivity index (χ3n) is 4.89. The summed E-state index contributed by atoms with van der Waals surface area (Å²) in [7, 11) is 0. The molecular formula is C19H43N3. The summed E-state index contributed by atoms with van der Waals surface area (Å²) in [5.41, 5.74) is 12.7. The second-order valence-electron chi connectivity index (χ2n) is 9.56. The topological polar surface area (TPSA) is 55.3 Å². The molecule has 4 N–H and O–H groups in total. The van der Waals surface area contributed by atoms with Crippen molar-refractivity contribution in [2.45, 2.75) is 105 Å². The van der Waals surface area contributed by atoms with Crippen LogP contribution in [0.4, 0.5) is 0 Å². The Morgan fingerprint density at radius 1 is 0.864 bits per heavy atom. The normalized spacial score (nSPS) is 15.7. The smallest absolute Gasteiger partial charge is 0.0555 e. The van der Waals surface area contributed by atoms with Crippen LogP contribution in [0.25, 0.3) is 0 Å². The van der Waals surface area contributed by atoms with Crippen molar-refractivity contribution >= 4 is 0 Å². The van der Waals surface area contributed by atoms with Crippen LogP contribution in [0.3, 0.4) is 0 Å². The molecule has 3 nitrogen and oxygen atoms in total. The van der Waals surface area contributed by atoms with Gasteiger partial charge in [-0.2, -0.15) is 0 Å². The predicted molar refractivity (Wildman–Crippen MR) is 99.8 cm³/mol. The molecule has 0 aliphatic rings. The Balaban J connectivity index is 4.77. The molecule has 0 bridgehead atoms. The minimum Gasteiger partial charge on any atom is -0.316 e. The van der Waals surface area contributed by atoms with E-state index in [0.717, 1.165) is 19.4 Å². The summed E-state index contributed by atoms with van der Waals surface area (Å²) >= 11 is 0. The van der Waals surface area contributed by atoms with Crippen LogP contribution in [0.2, 0.25) is 0 Å². The van der Waals surface area contributed by atoms with Crippen LogP contribution in [0.1, 0.15) is 88.0 Å². The molecule has 0 radical (unpaired) electrons. The molecule has 1 unspecified atom stereocenters. The fourth-order valence-electron chi connectivity index (χ4n) is 3.97. The van der Waals surface area contributed by atoms with Crippen LogP contribution in [-0.2, 0) is 0 Å². The molecule has 0 saturated carbocycles. The molecule has 0 heterocycles. The molecule has 0 aliphatic carbocycles. The van der Waals surface area contributed by atoms with Crippen LogP contribution >= 0.6 is 0 Å². The largest absolute Gasteiger partial charge is 0.316 e. The molecule has 1 atom stereocenters. The highest BCUT2D eigenvalue weighted by molar-refractivity contribution is 4.88. The Bertz CT molecular complexity index is 294. The lowest BCUT2D eigenvalue weighted by Crippen LogP contribution is -2.53. The molecule has 0 aromatic carbocycles. The Morgan fingerprint density at radius 3 is 1.64 bits per heavy atom. The molecule has 134 valence electrons. The van der Waals surface area contributed by atoms with Gasteiger partial charge in [0, 0.05) is 11.1 Å². The minimum atomic E-state index is -0.212. The Morgan fingerprint density at radius 2 is 1.32 bits per heavy atom. The molecule has 0 spiro atoms. The fourth-order valence-corrected chi connectivity index (χ4v) is 3.97. The van der Waals surface area contributed by atoms with Gasteiger partial charge in [0.15, 0.2) is 0 Å². The maximum Gasteiger partial charge on any atom is 0.0555 e. The van der Waals surface area contributed by atoms with Crippen molar-refractivity contribution < 1.29 is 0 Å². The summed E-state index contributed by atoms with van der Waals surface area (Å²) in [6.07, 6.45) is 4.41. The average molecular weight is 315 g/mol. The maximum absolute atomic E-state index is 6.05. The summed E-state index contributed by atoms with van der Waals surface area (Å²) in [5, 5.41) is 0. The number of hydrogen-bond donors (Lipinski definition) is 2. The fraction of sp³-hybridized carbons (Fsp3) is 1.00. The van der Waals surface area contributed by atoms with Crippen molar-refractivity contribution in [1.82, 2.24) is 4.90 Å². The van der Waals surface area contributed by atoms with E-state index in [2.05, 4.69) is 67.2 Å². The van der Waals surface area contributed by atoms with Gasteiger partial charge < -0.3 is 11.5 Å². The number of nitrogens with two attached hydrogens (primary N) is 2. The molecule has 0 aromatic heterocycles. The lowest BCUT2D eigenvalue weighted by Gasteiger charge is -2.46. The van der Waals surface area contributed by atoms with Crippen molar-refractivity contribution in [1.29, 1.82) is 0 Å². The van der Waals surface area contributed by atoms with Gasteiger partial charge in [-0.15, -0.1) is 0 Å². The highest BCUT2D eigenvalue weighted by atomic mass is 15.9. The second kappa shape index (κ2) is 8.12. The van der Waals surface area contributed by atoms with Crippen LogP contribution in [0, 0.1) is 11.3 Å². The molecule has 0 aromatic rings. The van der Waals surface area contributed by atoms with Gasteiger partial charge in [0.25, 0.3) is 0 Å². The zero-order chi connectivity index (χ0) is 17.8. The van der Waals surface area contributed by atoms with Gasteiger partial charge in [0.2, 0.25) is 0 Å². The number of hydrogen-bond acceptors (Lipinski definition) is 3. The van der Waals surface area contributed by atoms with Gasteiger partial charge in [0.05, 0.1) is 6.17 Å². The van der Waals surface area contributed by atoms with Crippen molar-refractivity contribution in [2.75, 3.05) is 6.54 Å². The lowest BCUT2D eigenvalue weighted by atomic mass is 9.72. The summed E-state index contributed by atoms with van der Waals surface area (Å²) in [4.78, 5) is 2.60. The van der Waals surface area contributed by atoms with Gasteiger partial charge in [-0.3, -0.25) is 4.90 Å². The molecule has 0 aliphatic heterocycles. The molecule has 0 amide bonds. The lowest BCUT2D eigenvalue weighted by molar-refractivity contribution is 0.0304. The number of nitrogens with zero attached hydrogens (tertiary/aromatic N) is 1. The zero-order valence-electron chi connectivity index (χ0n) is 16.8. The molecule has 0 fully saturated rings. The second-order valence-corrected chi connectivity index (χ2v) is 9.56. The van der Waals surface area contributed by atoms with E-state index in [1.165, 1.54) is 12.8 Å². The van der Waals surface area contributed by atoms with Crippen molar-refractivity contribution in [3.8, 4) is 0 Å². The van der Waals surface area contributed by atoms with E-state index in [1.807, 2.05) is 0 Å². The van der Waals surface area contributed by atoms with E-state index in [-0.39, 0.29) is 22.7 Å². The van der Waals surface area contributed by atoms with E-state index < -0.39 is 0 Å². The zero-order valence-corrected chi connectivity index (χ0v) is 16.8. The molecule has 0 saturated heterocycles. The van der Waals surface area contributed by atoms with Crippen LogP contribution < -0.4 is 11.5 Å². The van der Waals surface area contributed by atoms with Crippen LogP contribution in [-0.4, -0.2) is 28.7 Å². The monoisotopic (exact) mass is 314 g/mol. The highest BCUT2D eigenvalue weighted by Crippen LogP contribution is 2.36. The Labute approximate surface area is 140 Å². The summed E-state index contributed by atoms with van der Waals surface area (Å²) in [5.74, 6) is 0.398. The first-order valence-corrected chi connectivity index (χ1v) is 9.02. The van der Waals surface area contributed by atoms with Crippen LogP contribution in [0.15, 0.2) is 0 Å². The molecule has 0 rings (SSSR count). The minimum absolute atomic E-state index is 0.190. The molecule has 22 heavy (non-hydrogen) atoms. The first-order chi connectivity index (χ1) is 9.73. The Hall–Kier alpha value is -0.120. The standard InChI is InChI=1S/C19H43N3/c1-10-12-15(16(20)21)19(8,9)13-11-14-22(17(2,3)4)18(5,6)7/h15-16H,10-14,20-21H2,1-9H3/i22+1. The van der Waals surface area contributed by atoms with E-state index in [4.69, 9.17) is 11.5 Å². The quantitative estimate of drug-likeness (QED) is 0.517. The van der Waals surface area contributed by atoms with Gasteiger partial charge in [0.1, 0.15) is 0 Å². The van der Waals surface area contributed by atoms with Crippen molar-refractivity contribution in [3.05, 3.63) is 0 Å². The Kier molecular flexibility index (Phi) is 8.08. The van der Waals surface area contributed by atoms with Gasteiger partial charge in [-0.1, -0.05) is 27.2 Å². The van der Waals surface area contributed by atoms with Crippen LogP contribution in [0.5, 0.6) is 0 Å². The average Bonchev–Trinajstić information content (AvgIpc) is 2.27. The third-order valence-corrected chi connectivity index (χ3v) is 4.89. The van der Waals surface area contributed by atoms with Gasteiger partial charge in [-0.05, 0) is 78.7 Å². The van der Waals surface area contributed by atoms with Crippen molar-refractivity contribution in [2.24, 2.45) is 22.8 Å². The predicted octanol–water partition coefficient (Wildman–Crippen LogP) is 4.35. The van der Waals surface area contributed by atoms with E-state index in [9.17, 15) is 0 Å². The summed E-state index contributed by atoms with van der Waals surface area (Å²) in [6.45, 7) is 21.8. The molecular weight excluding hydrogens is 271 g/mol. The van der Waals surface area contributed by atoms with E-state index in [0.29, 0.717) is 5.92 Å². The van der Waals surface area contributed by atoms with E-state index in [1.54, 1.807) is 0 Å². The van der Waals surface area contributed by atoms with Gasteiger partial charge in [-0.25, -0.2) is 0 Å². The summed E-state index contributed by atoms with van der Waals surface area (Å²) in [6, 6.07) is 0. The maximum atomic E-state index is 6.05. The van der Waals surface area contributed by atoms with Gasteiger partial charge >= 0.3 is 0 Å². The first kappa shape index (κ1) is 21.9.